The van der Waals surface area contributed by atoms with E-state index in [4.69, 9.17) is 0 Å². The first-order valence-electron chi connectivity index (χ1n) is 11.2. The summed E-state index contributed by atoms with van der Waals surface area (Å²) in [7, 11) is 0. The SMILES string of the molecule is Cc1ccc(N2CCCN(Cc3cccc(OC(F)(F)F)c3)C2=O)c(NC(=O)c2ccccc2F)c1. The van der Waals surface area contributed by atoms with E-state index in [1.165, 1.54) is 46.2 Å². The van der Waals surface area contributed by atoms with Gasteiger partial charge in [0.15, 0.2) is 0 Å². The number of halogens is 4. The Balaban J connectivity index is 1.55. The van der Waals surface area contributed by atoms with Gasteiger partial charge >= 0.3 is 12.4 Å². The average Bonchev–Trinajstić information content (AvgIpc) is 2.80. The van der Waals surface area contributed by atoms with Crippen molar-refractivity contribution < 1.29 is 31.9 Å². The number of nitrogens with zero attached hydrogens (tertiary/aromatic N) is 2. The van der Waals surface area contributed by atoms with Crippen LogP contribution in [0.3, 0.4) is 0 Å². The number of aryl methyl sites for hydroxylation is 1. The van der Waals surface area contributed by atoms with Crippen molar-refractivity contribution in [3.8, 4) is 5.75 Å². The Morgan fingerprint density at radius 1 is 1.03 bits per heavy atom. The Bertz CT molecular complexity index is 1280. The first-order chi connectivity index (χ1) is 17.1. The Kier molecular flexibility index (Phi) is 7.14. The predicted molar refractivity (Wildman–Crippen MR) is 126 cm³/mol. The van der Waals surface area contributed by atoms with Crippen LogP contribution in [0.5, 0.6) is 5.75 Å². The van der Waals surface area contributed by atoms with Crippen LogP contribution in [0, 0.1) is 12.7 Å². The van der Waals surface area contributed by atoms with Crippen molar-refractivity contribution in [1.29, 1.82) is 0 Å². The van der Waals surface area contributed by atoms with Crippen LogP contribution in [0.2, 0.25) is 0 Å². The van der Waals surface area contributed by atoms with Gasteiger partial charge in [-0.05, 0) is 60.9 Å². The van der Waals surface area contributed by atoms with Crippen molar-refractivity contribution in [3.63, 3.8) is 0 Å². The molecule has 6 nitrogen and oxygen atoms in total. The molecule has 3 aromatic carbocycles. The number of carbonyl (C=O) groups excluding carboxylic acids is 2. The molecule has 0 atom stereocenters. The zero-order valence-corrected chi connectivity index (χ0v) is 19.3. The van der Waals surface area contributed by atoms with Crippen LogP contribution in [0.4, 0.5) is 33.7 Å². The van der Waals surface area contributed by atoms with Crippen LogP contribution in [0.25, 0.3) is 0 Å². The second-order valence-corrected chi connectivity index (χ2v) is 8.36. The highest BCUT2D eigenvalue weighted by Crippen LogP contribution is 2.31. The molecule has 1 saturated heterocycles. The minimum atomic E-state index is -4.81. The van der Waals surface area contributed by atoms with Gasteiger partial charge in [-0.25, -0.2) is 9.18 Å². The molecule has 0 bridgehead atoms. The number of hydrogen-bond acceptors (Lipinski definition) is 3. The summed E-state index contributed by atoms with van der Waals surface area (Å²) in [5.41, 5.74) is 1.96. The second kappa shape index (κ2) is 10.3. The zero-order chi connectivity index (χ0) is 25.9. The quantitative estimate of drug-likeness (QED) is 0.414. The maximum Gasteiger partial charge on any atom is 0.573 e. The van der Waals surface area contributed by atoms with Gasteiger partial charge in [-0.3, -0.25) is 9.69 Å². The highest BCUT2D eigenvalue weighted by molar-refractivity contribution is 6.07. The van der Waals surface area contributed by atoms with Crippen LogP contribution < -0.4 is 15.0 Å². The van der Waals surface area contributed by atoms with Gasteiger partial charge in [0.25, 0.3) is 5.91 Å². The molecule has 1 heterocycles. The Hall–Kier alpha value is -4.08. The van der Waals surface area contributed by atoms with Crippen molar-refractivity contribution in [3.05, 3.63) is 89.2 Å². The van der Waals surface area contributed by atoms with Gasteiger partial charge in [0.05, 0.1) is 16.9 Å². The summed E-state index contributed by atoms with van der Waals surface area (Å²) >= 11 is 0. The maximum atomic E-state index is 14.1. The molecule has 3 aromatic rings. The van der Waals surface area contributed by atoms with Crippen molar-refractivity contribution in [2.45, 2.75) is 26.3 Å². The minimum Gasteiger partial charge on any atom is -0.406 e. The molecule has 10 heteroatoms. The molecule has 4 rings (SSSR count). The molecule has 0 radical (unpaired) electrons. The Morgan fingerprint density at radius 3 is 2.56 bits per heavy atom. The molecule has 1 aliphatic rings. The lowest BCUT2D eigenvalue weighted by Gasteiger charge is -2.36. The molecule has 0 spiro atoms. The third-order valence-corrected chi connectivity index (χ3v) is 5.63. The number of hydrogen-bond donors (Lipinski definition) is 1. The molecule has 0 saturated carbocycles. The lowest BCUT2D eigenvalue weighted by molar-refractivity contribution is -0.274. The monoisotopic (exact) mass is 501 g/mol. The molecule has 36 heavy (non-hydrogen) atoms. The van der Waals surface area contributed by atoms with E-state index in [9.17, 15) is 27.2 Å². The van der Waals surface area contributed by atoms with E-state index in [1.54, 1.807) is 30.3 Å². The number of nitrogens with one attached hydrogen (secondary N) is 1. The summed E-state index contributed by atoms with van der Waals surface area (Å²) in [5, 5.41) is 2.71. The van der Waals surface area contributed by atoms with Crippen LogP contribution in [0.1, 0.15) is 27.9 Å². The topological polar surface area (TPSA) is 61.9 Å². The predicted octanol–water partition coefficient (Wildman–Crippen LogP) is 6.12. The normalized spacial score (nSPS) is 14.1. The van der Waals surface area contributed by atoms with Gasteiger partial charge in [0, 0.05) is 19.6 Å². The average molecular weight is 501 g/mol. The van der Waals surface area contributed by atoms with Gasteiger partial charge in [-0.2, -0.15) is 0 Å². The molecule has 3 amide bonds. The summed E-state index contributed by atoms with van der Waals surface area (Å²) in [6, 6.07) is 15.9. The fourth-order valence-corrected chi connectivity index (χ4v) is 4.03. The smallest absolute Gasteiger partial charge is 0.406 e. The maximum absolute atomic E-state index is 14.1. The number of alkyl halides is 3. The Labute approximate surface area is 205 Å². The lowest BCUT2D eigenvalue weighted by atomic mass is 10.1. The number of benzene rings is 3. The van der Waals surface area contributed by atoms with E-state index < -0.39 is 18.1 Å². The van der Waals surface area contributed by atoms with E-state index in [0.29, 0.717) is 36.4 Å². The van der Waals surface area contributed by atoms with E-state index in [2.05, 4.69) is 10.1 Å². The molecule has 188 valence electrons. The first-order valence-corrected chi connectivity index (χ1v) is 11.2. The van der Waals surface area contributed by atoms with Crippen LogP contribution in [-0.4, -0.2) is 36.3 Å². The number of urea groups is 1. The zero-order valence-electron chi connectivity index (χ0n) is 19.3. The molecule has 0 aliphatic carbocycles. The van der Waals surface area contributed by atoms with Gasteiger partial charge in [-0.15, -0.1) is 13.2 Å². The third-order valence-electron chi connectivity index (χ3n) is 5.63. The second-order valence-electron chi connectivity index (χ2n) is 8.36. The highest BCUT2D eigenvalue weighted by Gasteiger charge is 2.32. The lowest BCUT2D eigenvalue weighted by Crippen LogP contribution is -2.49. The minimum absolute atomic E-state index is 0.0766. The summed E-state index contributed by atoms with van der Waals surface area (Å²) < 4.78 is 55.8. The molecular weight excluding hydrogens is 478 g/mol. The summed E-state index contributed by atoms with van der Waals surface area (Å²) in [5.74, 6) is -1.68. The van der Waals surface area contributed by atoms with Crippen molar-refractivity contribution in [1.82, 2.24) is 4.90 Å². The summed E-state index contributed by atoms with van der Waals surface area (Å²) in [4.78, 5) is 29.1. The number of carbonyl (C=O) groups is 2. The summed E-state index contributed by atoms with van der Waals surface area (Å²) in [6.45, 7) is 2.68. The molecule has 1 N–H and O–H groups in total. The molecule has 0 aromatic heterocycles. The van der Waals surface area contributed by atoms with E-state index in [-0.39, 0.29) is 23.9 Å². The van der Waals surface area contributed by atoms with Gasteiger partial charge in [0.2, 0.25) is 0 Å². The van der Waals surface area contributed by atoms with Gasteiger partial charge in [0.1, 0.15) is 11.6 Å². The van der Waals surface area contributed by atoms with E-state index in [1.807, 2.05) is 6.92 Å². The van der Waals surface area contributed by atoms with Gasteiger partial charge in [-0.1, -0.05) is 30.3 Å². The van der Waals surface area contributed by atoms with E-state index >= 15 is 0 Å². The molecular formula is C26H23F4N3O3. The third kappa shape index (κ3) is 5.94. The highest BCUT2D eigenvalue weighted by atomic mass is 19.4. The largest absolute Gasteiger partial charge is 0.573 e. The van der Waals surface area contributed by atoms with E-state index in [0.717, 1.165) is 5.56 Å². The number of anilines is 2. The fraction of sp³-hybridized carbons (Fsp3) is 0.231. The van der Waals surface area contributed by atoms with Crippen LogP contribution >= 0.6 is 0 Å². The number of amides is 3. The Morgan fingerprint density at radius 2 is 1.81 bits per heavy atom. The fourth-order valence-electron chi connectivity index (χ4n) is 4.03. The first kappa shape index (κ1) is 25.0. The molecule has 1 aliphatic heterocycles. The van der Waals surface area contributed by atoms with Crippen molar-refractivity contribution >= 4 is 23.3 Å². The van der Waals surface area contributed by atoms with Crippen molar-refractivity contribution in [2.75, 3.05) is 23.3 Å². The van der Waals surface area contributed by atoms with Crippen LogP contribution in [0.15, 0.2) is 66.7 Å². The molecule has 0 unspecified atom stereocenters. The summed E-state index contributed by atoms with van der Waals surface area (Å²) in [6.07, 6.45) is -4.22. The standard InChI is InChI=1S/C26H23F4N3O3/c1-17-10-11-23(22(14-17)31-24(34)20-8-2-3-9-21(20)27)33-13-5-12-32(25(33)35)16-18-6-4-7-19(15-18)36-26(28,29)30/h2-4,6-11,14-15H,5,12-13,16H2,1H3,(H,31,34). The molecule has 1 fully saturated rings. The number of rotatable bonds is 6. The number of ether oxygens (including phenoxy) is 1. The van der Waals surface area contributed by atoms with Crippen molar-refractivity contribution in [2.24, 2.45) is 0 Å². The van der Waals surface area contributed by atoms with Crippen LogP contribution in [-0.2, 0) is 6.54 Å². The van der Waals surface area contributed by atoms with Gasteiger partial charge < -0.3 is 15.0 Å².